The van der Waals surface area contributed by atoms with Crippen LogP contribution in [0.2, 0.25) is 0 Å². The molecule has 0 aromatic carbocycles. The quantitative estimate of drug-likeness (QED) is 0.702. The van der Waals surface area contributed by atoms with E-state index in [4.69, 9.17) is 0 Å². The van der Waals surface area contributed by atoms with Crippen molar-refractivity contribution >= 4 is 0 Å². The first-order chi connectivity index (χ1) is 6.68. The average molecular weight is 212 g/mol. The molecule has 0 amide bonds. The lowest BCUT2D eigenvalue weighted by Gasteiger charge is -2.20. The fraction of sp³-hybridized carbons (Fsp3) is 0.846. The minimum atomic E-state index is -0.933. The van der Waals surface area contributed by atoms with Crippen molar-refractivity contribution < 1.29 is 10.2 Å². The van der Waals surface area contributed by atoms with Crippen molar-refractivity contribution in [3.05, 3.63) is 0 Å². The van der Waals surface area contributed by atoms with Crippen molar-refractivity contribution in [3.8, 4) is 11.8 Å². The van der Waals surface area contributed by atoms with E-state index in [1.165, 1.54) is 0 Å². The molecule has 2 heteroatoms. The van der Waals surface area contributed by atoms with E-state index in [0.29, 0.717) is 25.2 Å². The zero-order chi connectivity index (χ0) is 12.1. The first kappa shape index (κ1) is 14.5. The molecule has 2 unspecified atom stereocenters. The first-order valence-electron chi connectivity index (χ1n) is 5.63. The van der Waals surface area contributed by atoms with Crippen LogP contribution in [0, 0.1) is 17.8 Å². The molecule has 0 aliphatic heterocycles. The second kappa shape index (κ2) is 5.53. The molecule has 0 fully saturated rings. The molecule has 88 valence electrons. The molecule has 0 heterocycles. The van der Waals surface area contributed by atoms with Crippen molar-refractivity contribution in [2.75, 3.05) is 0 Å². The van der Waals surface area contributed by atoms with E-state index in [1.54, 1.807) is 13.8 Å². The van der Waals surface area contributed by atoms with Crippen LogP contribution in [0.1, 0.15) is 53.9 Å². The minimum absolute atomic E-state index is 0.414. The normalized spacial score (nSPS) is 18.9. The molecule has 0 bridgehead atoms. The van der Waals surface area contributed by atoms with Crippen molar-refractivity contribution in [3.63, 3.8) is 0 Å². The second-order valence-corrected chi connectivity index (χ2v) is 5.20. The predicted molar refractivity (Wildman–Crippen MR) is 63.4 cm³/mol. The van der Waals surface area contributed by atoms with Crippen LogP contribution in [0.25, 0.3) is 0 Å². The summed E-state index contributed by atoms with van der Waals surface area (Å²) < 4.78 is 0. The molecule has 0 rings (SSSR count). The van der Waals surface area contributed by atoms with Gasteiger partial charge in [-0.15, -0.1) is 0 Å². The summed E-state index contributed by atoms with van der Waals surface area (Å²) in [7, 11) is 0. The standard InChI is InChI=1S/C13H24O2/c1-6-12(4,14)8-7-9-13(5,15)10-11(2)3/h11,14-15H,6,8,10H2,1-5H3. The summed E-state index contributed by atoms with van der Waals surface area (Å²) in [5.41, 5.74) is -1.67. The van der Waals surface area contributed by atoms with Crippen molar-refractivity contribution in [1.82, 2.24) is 0 Å². The monoisotopic (exact) mass is 212 g/mol. The molecule has 0 aromatic heterocycles. The highest BCUT2D eigenvalue weighted by atomic mass is 16.3. The van der Waals surface area contributed by atoms with Gasteiger partial charge in [0.05, 0.1) is 5.60 Å². The van der Waals surface area contributed by atoms with Gasteiger partial charge in [0.15, 0.2) is 0 Å². The highest BCUT2D eigenvalue weighted by Crippen LogP contribution is 2.16. The summed E-state index contributed by atoms with van der Waals surface area (Å²) in [5, 5.41) is 19.6. The van der Waals surface area contributed by atoms with E-state index >= 15 is 0 Å². The maximum atomic E-state index is 9.90. The Morgan fingerprint density at radius 1 is 1.20 bits per heavy atom. The van der Waals surface area contributed by atoms with Crippen LogP contribution in [0.3, 0.4) is 0 Å². The molecule has 0 aliphatic carbocycles. The lowest BCUT2D eigenvalue weighted by Crippen LogP contribution is -2.25. The second-order valence-electron chi connectivity index (χ2n) is 5.20. The fourth-order valence-corrected chi connectivity index (χ4v) is 1.40. The molecule has 0 spiro atoms. The van der Waals surface area contributed by atoms with Crippen LogP contribution < -0.4 is 0 Å². The zero-order valence-corrected chi connectivity index (χ0v) is 10.6. The Hall–Kier alpha value is -0.520. The minimum Gasteiger partial charge on any atom is -0.389 e. The Morgan fingerprint density at radius 3 is 2.13 bits per heavy atom. The van der Waals surface area contributed by atoms with Crippen LogP contribution in [0.15, 0.2) is 0 Å². The van der Waals surface area contributed by atoms with E-state index < -0.39 is 11.2 Å². The lowest BCUT2D eigenvalue weighted by molar-refractivity contribution is 0.0609. The van der Waals surface area contributed by atoms with E-state index in [2.05, 4.69) is 25.7 Å². The summed E-state index contributed by atoms with van der Waals surface area (Å²) in [6, 6.07) is 0. The van der Waals surface area contributed by atoms with Gasteiger partial charge in [-0.05, 0) is 32.6 Å². The summed E-state index contributed by atoms with van der Waals surface area (Å²) >= 11 is 0. The predicted octanol–water partition coefficient (Wildman–Crippen LogP) is 2.34. The molecule has 0 saturated carbocycles. The maximum absolute atomic E-state index is 9.90. The third kappa shape index (κ3) is 7.41. The number of aliphatic hydroxyl groups is 2. The zero-order valence-electron chi connectivity index (χ0n) is 10.6. The van der Waals surface area contributed by atoms with Gasteiger partial charge in [-0.25, -0.2) is 0 Å². The molecule has 0 radical (unpaired) electrons. The van der Waals surface area contributed by atoms with E-state index in [-0.39, 0.29) is 0 Å². The van der Waals surface area contributed by atoms with E-state index in [1.807, 2.05) is 6.92 Å². The Bertz CT molecular complexity index is 241. The van der Waals surface area contributed by atoms with Crippen molar-refractivity contribution in [2.45, 2.75) is 65.1 Å². The average Bonchev–Trinajstić information content (AvgIpc) is 2.00. The van der Waals surface area contributed by atoms with Crippen LogP contribution in [-0.2, 0) is 0 Å². The van der Waals surface area contributed by atoms with Gasteiger partial charge in [-0.1, -0.05) is 32.6 Å². The number of hydrogen-bond acceptors (Lipinski definition) is 2. The summed E-state index contributed by atoms with van der Waals surface area (Å²) in [6.45, 7) is 9.52. The smallest absolute Gasteiger partial charge is 0.122 e. The number of rotatable bonds is 4. The van der Waals surface area contributed by atoms with E-state index in [0.717, 1.165) is 0 Å². The molecule has 15 heavy (non-hydrogen) atoms. The Labute approximate surface area is 93.7 Å². The topological polar surface area (TPSA) is 40.5 Å². The molecule has 0 saturated heterocycles. The van der Waals surface area contributed by atoms with Gasteiger partial charge in [-0.2, -0.15) is 0 Å². The molecule has 0 aromatic rings. The van der Waals surface area contributed by atoms with E-state index in [9.17, 15) is 10.2 Å². The molecule has 0 aliphatic rings. The van der Waals surface area contributed by atoms with Crippen LogP contribution >= 0.6 is 0 Å². The van der Waals surface area contributed by atoms with Crippen molar-refractivity contribution in [1.29, 1.82) is 0 Å². The molecule has 2 atom stereocenters. The SMILES string of the molecule is CCC(C)(O)CC#CC(C)(O)CC(C)C. The van der Waals surface area contributed by atoms with Crippen LogP contribution in [-0.4, -0.2) is 21.4 Å². The number of hydrogen-bond donors (Lipinski definition) is 2. The van der Waals surface area contributed by atoms with Gasteiger partial charge in [0.2, 0.25) is 0 Å². The lowest BCUT2D eigenvalue weighted by atomic mass is 9.93. The highest BCUT2D eigenvalue weighted by molar-refractivity contribution is 5.13. The third-order valence-electron chi connectivity index (χ3n) is 2.39. The van der Waals surface area contributed by atoms with Gasteiger partial charge in [0.1, 0.15) is 5.60 Å². The van der Waals surface area contributed by atoms with Gasteiger partial charge >= 0.3 is 0 Å². The maximum Gasteiger partial charge on any atom is 0.122 e. The molecular weight excluding hydrogens is 188 g/mol. The Balaban J connectivity index is 4.27. The third-order valence-corrected chi connectivity index (χ3v) is 2.39. The summed E-state index contributed by atoms with van der Waals surface area (Å²) in [4.78, 5) is 0. The van der Waals surface area contributed by atoms with Crippen LogP contribution in [0.4, 0.5) is 0 Å². The molecule has 2 N–H and O–H groups in total. The van der Waals surface area contributed by atoms with Gasteiger partial charge in [-0.3, -0.25) is 0 Å². The summed E-state index contributed by atoms with van der Waals surface area (Å²) in [6.07, 6.45) is 1.75. The summed E-state index contributed by atoms with van der Waals surface area (Å²) in [5.74, 6) is 6.12. The Kier molecular flexibility index (Phi) is 5.34. The fourth-order valence-electron chi connectivity index (χ4n) is 1.40. The first-order valence-corrected chi connectivity index (χ1v) is 5.63. The van der Waals surface area contributed by atoms with Gasteiger partial charge in [0, 0.05) is 6.42 Å². The van der Waals surface area contributed by atoms with Gasteiger partial charge in [0.25, 0.3) is 0 Å². The van der Waals surface area contributed by atoms with Crippen LogP contribution in [0.5, 0.6) is 0 Å². The van der Waals surface area contributed by atoms with Crippen molar-refractivity contribution in [2.24, 2.45) is 5.92 Å². The highest BCUT2D eigenvalue weighted by Gasteiger charge is 2.19. The molecular formula is C13H24O2. The Morgan fingerprint density at radius 2 is 1.73 bits per heavy atom. The van der Waals surface area contributed by atoms with Gasteiger partial charge < -0.3 is 10.2 Å². The molecule has 2 nitrogen and oxygen atoms in total. The largest absolute Gasteiger partial charge is 0.389 e.